The Balaban J connectivity index is 2.80. The van der Waals surface area contributed by atoms with Crippen molar-refractivity contribution in [1.82, 2.24) is 4.98 Å². The Labute approximate surface area is 103 Å². The zero-order valence-electron chi connectivity index (χ0n) is 9.27. The van der Waals surface area contributed by atoms with Gasteiger partial charge in [-0.3, -0.25) is 4.21 Å². The Bertz CT molecular complexity index is 409. The van der Waals surface area contributed by atoms with E-state index in [4.69, 9.17) is 18.0 Å². The third-order valence-corrected chi connectivity index (χ3v) is 3.13. The van der Waals surface area contributed by atoms with E-state index in [-0.39, 0.29) is 6.04 Å². The largest absolute Gasteiger partial charge is 0.389 e. The van der Waals surface area contributed by atoms with Crippen molar-refractivity contribution in [3.8, 4) is 0 Å². The fourth-order valence-electron chi connectivity index (χ4n) is 1.35. The summed E-state index contributed by atoms with van der Waals surface area (Å²) in [5.74, 6) is 1.21. The lowest BCUT2D eigenvalue weighted by Gasteiger charge is -2.15. The summed E-state index contributed by atoms with van der Waals surface area (Å²) in [7, 11) is -0.841. The lowest BCUT2D eigenvalue weighted by atomic mass is 10.2. The quantitative estimate of drug-likeness (QED) is 0.767. The van der Waals surface area contributed by atoms with Crippen molar-refractivity contribution < 1.29 is 4.21 Å². The molecule has 0 radical (unpaired) electrons. The summed E-state index contributed by atoms with van der Waals surface area (Å²) < 4.78 is 11.1. The molecule has 0 aliphatic heterocycles. The van der Waals surface area contributed by atoms with Crippen molar-refractivity contribution in [2.75, 3.05) is 17.3 Å². The lowest BCUT2D eigenvalue weighted by Crippen LogP contribution is -2.25. The predicted molar refractivity (Wildman–Crippen MR) is 72.1 cm³/mol. The molecule has 1 heterocycles. The number of nitrogens with one attached hydrogen (secondary N) is 1. The molecular formula is C10H15N3OS2. The summed E-state index contributed by atoms with van der Waals surface area (Å²) in [6, 6.07) is 3.66. The van der Waals surface area contributed by atoms with Gasteiger partial charge in [0.05, 0.1) is 5.56 Å². The summed E-state index contributed by atoms with van der Waals surface area (Å²) in [6.07, 6.45) is 3.34. The Morgan fingerprint density at radius 1 is 1.75 bits per heavy atom. The third-order valence-electron chi connectivity index (χ3n) is 1.94. The fourth-order valence-corrected chi connectivity index (χ4v) is 2.30. The molecule has 3 N–H and O–H groups in total. The normalized spacial score (nSPS) is 14.1. The molecule has 1 rings (SSSR count). The van der Waals surface area contributed by atoms with E-state index >= 15 is 0 Å². The Hall–Kier alpha value is -1.01. The monoisotopic (exact) mass is 257 g/mol. The number of pyridine rings is 1. The van der Waals surface area contributed by atoms with E-state index in [1.54, 1.807) is 18.5 Å². The molecule has 0 fully saturated rings. The van der Waals surface area contributed by atoms with Crippen LogP contribution >= 0.6 is 12.2 Å². The van der Waals surface area contributed by atoms with Crippen LogP contribution in [0.2, 0.25) is 0 Å². The maximum Gasteiger partial charge on any atom is 0.136 e. The zero-order valence-corrected chi connectivity index (χ0v) is 10.9. The number of hydrogen-bond donors (Lipinski definition) is 2. The van der Waals surface area contributed by atoms with Gasteiger partial charge in [0.1, 0.15) is 10.8 Å². The fraction of sp³-hybridized carbons (Fsp3) is 0.400. The molecule has 0 saturated carbocycles. The summed E-state index contributed by atoms with van der Waals surface area (Å²) >= 11 is 4.93. The van der Waals surface area contributed by atoms with Crippen molar-refractivity contribution in [2.45, 2.75) is 13.0 Å². The molecule has 0 amide bonds. The molecule has 0 bridgehead atoms. The second kappa shape index (κ2) is 5.91. The first-order valence-electron chi connectivity index (χ1n) is 4.82. The molecule has 0 aliphatic rings. The van der Waals surface area contributed by atoms with E-state index in [0.29, 0.717) is 22.1 Å². The van der Waals surface area contributed by atoms with Gasteiger partial charge >= 0.3 is 0 Å². The van der Waals surface area contributed by atoms with Crippen molar-refractivity contribution in [2.24, 2.45) is 5.73 Å². The van der Waals surface area contributed by atoms with Gasteiger partial charge in [-0.05, 0) is 19.1 Å². The first kappa shape index (κ1) is 13.1. The Morgan fingerprint density at radius 2 is 2.44 bits per heavy atom. The van der Waals surface area contributed by atoms with Crippen molar-refractivity contribution in [3.05, 3.63) is 23.9 Å². The number of thiocarbonyl (C=S) groups is 1. The highest BCUT2D eigenvalue weighted by Crippen LogP contribution is 2.12. The lowest BCUT2D eigenvalue weighted by molar-refractivity contribution is 0.683. The highest BCUT2D eigenvalue weighted by atomic mass is 32.2. The summed E-state index contributed by atoms with van der Waals surface area (Å²) in [5.41, 5.74) is 6.30. The van der Waals surface area contributed by atoms with Gasteiger partial charge < -0.3 is 11.1 Å². The van der Waals surface area contributed by atoms with Gasteiger partial charge in [-0.2, -0.15) is 0 Å². The molecule has 4 nitrogen and oxygen atoms in total. The minimum absolute atomic E-state index is 0.0637. The Kier molecular flexibility index (Phi) is 4.82. The van der Waals surface area contributed by atoms with E-state index in [1.165, 1.54) is 0 Å². The topological polar surface area (TPSA) is 68.0 Å². The summed E-state index contributed by atoms with van der Waals surface area (Å²) in [5, 5.41) is 3.15. The second-order valence-electron chi connectivity index (χ2n) is 3.55. The van der Waals surface area contributed by atoms with Gasteiger partial charge in [0.25, 0.3) is 0 Å². The van der Waals surface area contributed by atoms with Crippen LogP contribution in [0.25, 0.3) is 0 Å². The molecule has 2 unspecified atom stereocenters. The number of nitrogens with zero attached hydrogens (tertiary/aromatic N) is 1. The standard InChI is InChI=1S/C10H15N3OS2/c1-7(6-16(2)14)13-10-8(9(11)15)4-3-5-12-10/h3-5,7H,6H2,1-2H3,(H2,11,15)(H,12,13). The molecule has 2 atom stereocenters. The van der Waals surface area contributed by atoms with Gasteiger partial charge in [0.2, 0.25) is 0 Å². The summed E-state index contributed by atoms with van der Waals surface area (Å²) in [4.78, 5) is 4.48. The first-order chi connectivity index (χ1) is 7.50. The average molecular weight is 257 g/mol. The van der Waals surface area contributed by atoms with Crippen LogP contribution in [0.15, 0.2) is 18.3 Å². The van der Waals surface area contributed by atoms with Crippen LogP contribution in [-0.4, -0.2) is 32.2 Å². The van der Waals surface area contributed by atoms with Crippen molar-refractivity contribution in [3.63, 3.8) is 0 Å². The molecular weight excluding hydrogens is 242 g/mol. The van der Waals surface area contributed by atoms with Gasteiger partial charge in [0, 0.05) is 35.0 Å². The van der Waals surface area contributed by atoms with E-state index in [9.17, 15) is 4.21 Å². The SMILES string of the molecule is CC(CS(C)=O)Nc1ncccc1C(N)=S. The van der Waals surface area contributed by atoms with E-state index in [0.717, 1.165) is 0 Å². The number of hydrogen-bond acceptors (Lipinski definition) is 4. The van der Waals surface area contributed by atoms with Gasteiger partial charge in [-0.25, -0.2) is 4.98 Å². The van der Waals surface area contributed by atoms with Gasteiger partial charge in [-0.1, -0.05) is 12.2 Å². The van der Waals surface area contributed by atoms with Crippen LogP contribution in [0.4, 0.5) is 5.82 Å². The van der Waals surface area contributed by atoms with E-state index in [1.807, 2.05) is 13.0 Å². The molecule has 88 valence electrons. The molecule has 16 heavy (non-hydrogen) atoms. The van der Waals surface area contributed by atoms with Crippen LogP contribution < -0.4 is 11.1 Å². The van der Waals surface area contributed by atoms with Crippen molar-refractivity contribution in [1.29, 1.82) is 0 Å². The molecule has 0 aliphatic carbocycles. The van der Waals surface area contributed by atoms with Gasteiger partial charge in [-0.15, -0.1) is 0 Å². The van der Waals surface area contributed by atoms with Gasteiger partial charge in [0.15, 0.2) is 0 Å². The average Bonchev–Trinajstić information content (AvgIpc) is 2.16. The third kappa shape index (κ3) is 3.86. The zero-order chi connectivity index (χ0) is 12.1. The van der Waals surface area contributed by atoms with Crippen LogP contribution in [0.3, 0.4) is 0 Å². The smallest absolute Gasteiger partial charge is 0.136 e. The minimum Gasteiger partial charge on any atom is -0.389 e. The van der Waals surface area contributed by atoms with Crippen molar-refractivity contribution >= 4 is 33.8 Å². The maximum absolute atomic E-state index is 11.1. The first-order valence-corrected chi connectivity index (χ1v) is 6.95. The highest BCUT2D eigenvalue weighted by Gasteiger charge is 2.09. The van der Waals surface area contributed by atoms with E-state index < -0.39 is 10.8 Å². The molecule has 6 heteroatoms. The number of aromatic nitrogens is 1. The van der Waals surface area contributed by atoms with E-state index in [2.05, 4.69) is 10.3 Å². The minimum atomic E-state index is -0.841. The van der Waals surface area contributed by atoms with Crippen LogP contribution in [0, 0.1) is 0 Å². The van der Waals surface area contributed by atoms with Crippen LogP contribution in [0.5, 0.6) is 0 Å². The molecule has 0 saturated heterocycles. The highest BCUT2D eigenvalue weighted by molar-refractivity contribution is 7.84. The second-order valence-corrected chi connectivity index (χ2v) is 5.47. The molecule has 1 aromatic heterocycles. The predicted octanol–water partition coefficient (Wildman–Crippen LogP) is 0.895. The van der Waals surface area contributed by atoms with Crippen LogP contribution in [-0.2, 0) is 10.8 Å². The molecule has 0 spiro atoms. The van der Waals surface area contributed by atoms with Crippen LogP contribution in [0.1, 0.15) is 12.5 Å². The number of nitrogens with two attached hydrogens (primary N) is 1. The number of anilines is 1. The Morgan fingerprint density at radius 3 is 3.00 bits per heavy atom. The number of rotatable bonds is 5. The maximum atomic E-state index is 11.1. The summed E-state index contributed by atoms with van der Waals surface area (Å²) in [6.45, 7) is 1.94. The molecule has 0 aromatic carbocycles. The molecule has 1 aromatic rings.